The zero-order chi connectivity index (χ0) is 7.56. The molecule has 1 heterocycles. The fraction of sp³-hybridized carbons (Fsp3) is 0.600. The Morgan fingerprint density at radius 1 is 1.70 bits per heavy atom. The molecule has 0 aromatic rings. The first kappa shape index (κ1) is 6.85. The quantitative estimate of drug-likeness (QED) is 0.382. The smallest absolute Gasteiger partial charge is 0.326 e. The van der Waals surface area contributed by atoms with Crippen LogP contribution in [0.3, 0.4) is 0 Å². The van der Waals surface area contributed by atoms with Crippen molar-refractivity contribution in [3.8, 4) is 0 Å². The summed E-state index contributed by atoms with van der Waals surface area (Å²) in [5.41, 5.74) is 0. The second-order valence-electron chi connectivity index (χ2n) is 1.95. The Balaban J connectivity index is 2.52. The fourth-order valence-corrected chi connectivity index (χ4v) is 0.758. The Morgan fingerprint density at radius 3 is 2.80 bits per heavy atom. The molecule has 1 unspecified atom stereocenters. The molecule has 5 nitrogen and oxygen atoms in total. The Bertz CT molecular complexity index is 188. The summed E-state index contributed by atoms with van der Waals surface area (Å²) in [5, 5.41) is 2.14. The number of ether oxygens (including phenoxy) is 1. The molecule has 0 bridgehead atoms. The largest absolute Gasteiger partial charge is 0.452 e. The average Bonchev–Trinajstić information content (AvgIpc) is 2.34. The van der Waals surface area contributed by atoms with Crippen molar-refractivity contribution >= 4 is 11.9 Å². The number of amides is 1. The lowest BCUT2D eigenvalue weighted by Gasteiger charge is -1.98. The van der Waals surface area contributed by atoms with Gasteiger partial charge in [-0.25, -0.2) is 0 Å². The summed E-state index contributed by atoms with van der Waals surface area (Å²) in [4.78, 5) is 30.4. The number of carbonyl (C=O) groups excluding carboxylic acids is 2. The van der Waals surface area contributed by atoms with Gasteiger partial charge in [-0.2, -0.15) is 0 Å². The first-order valence-corrected chi connectivity index (χ1v) is 2.80. The van der Waals surface area contributed by atoms with Crippen LogP contribution in [0.5, 0.6) is 0 Å². The Kier molecular flexibility index (Phi) is 1.75. The number of nitroso groups, excluding NO2 is 1. The highest BCUT2D eigenvalue weighted by molar-refractivity contribution is 5.86. The fourth-order valence-electron chi connectivity index (χ4n) is 0.758. The first-order valence-electron chi connectivity index (χ1n) is 2.80. The summed E-state index contributed by atoms with van der Waals surface area (Å²) in [7, 11) is 0. The molecule has 54 valence electrons. The highest BCUT2D eigenvalue weighted by Crippen LogP contribution is 2.14. The van der Waals surface area contributed by atoms with Crippen LogP contribution < -0.4 is 0 Å². The topological polar surface area (TPSA) is 72.8 Å². The van der Waals surface area contributed by atoms with Gasteiger partial charge in [0.05, 0.1) is 0 Å². The van der Waals surface area contributed by atoms with Gasteiger partial charge in [-0.05, 0) is 0 Å². The van der Waals surface area contributed by atoms with E-state index in [1.165, 1.54) is 0 Å². The molecule has 0 aliphatic carbocycles. The van der Waals surface area contributed by atoms with E-state index in [1.807, 2.05) is 0 Å². The van der Waals surface area contributed by atoms with Crippen LogP contribution in [0.4, 0.5) is 0 Å². The molecule has 1 aliphatic rings. The van der Waals surface area contributed by atoms with E-state index in [0.717, 1.165) is 0 Å². The van der Waals surface area contributed by atoms with Crippen LogP contribution in [0.15, 0.2) is 5.18 Å². The van der Waals surface area contributed by atoms with Crippen LogP contribution >= 0.6 is 0 Å². The van der Waals surface area contributed by atoms with Gasteiger partial charge in [0.15, 0.2) is 6.10 Å². The summed E-state index contributed by atoms with van der Waals surface area (Å²) >= 11 is 0. The van der Waals surface area contributed by atoms with Gasteiger partial charge in [0, 0.05) is 18.0 Å². The second kappa shape index (κ2) is 2.55. The highest BCUT2D eigenvalue weighted by Gasteiger charge is 2.30. The molecule has 0 radical (unpaired) electrons. The van der Waals surface area contributed by atoms with Crippen molar-refractivity contribution in [3.05, 3.63) is 4.91 Å². The van der Waals surface area contributed by atoms with Crippen molar-refractivity contribution in [3.63, 3.8) is 0 Å². The van der Waals surface area contributed by atoms with Crippen molar-refractivity contribution in [2.45, 2.75) is 18.9 Å². The minimum atomic E-state index is -0.912. The van der Waals surface area contributed by atoms with E-state index in [2.05, 4.69) is 9.91 Å². The molecule has 0 N–H and O–H groups in total. The molecule has 10 heavy (non-hydrogen) atoms. The van der Waals surface area contributed by atoms with Crippen molar-refractivity contribution < 1.29 is 14.3 Å². The molecule has 1 amide bonds. The van der Waals surface area contributed by atoms with Crippen LogP contribution in [-0.4, -0.2) is 18.0 Å². The third-order valence-corrected chi connectivity index (χ3v) is 1.25. The predicted molar refractivity (Wildman–Crippen MR) is 29.9 cm³/mol. The van der Waals surface area contributed by atoms with Gasteiger partial charge in [-0.3, -0.25) is 9.59 Å². The molecule has 1 saturated heterocycles. The maximum absolute atomic E-state index is 10.4. The van der Waals surface area contributed by atoms with Crippen molar-refractivity contribution in [2.75, 3.05) is 0 Å². The van der Waals surface area contributed by atoms with E-state index in [4.69, 9.17) is 0 Å². The lowest BCUT2D eigenvalue weighted by atomic mass is 10.2. The van der Waals surface area contributed by atoms with Crippen molar-refractivity contribution in [1.29, 1.82) is 0 Å². The Morgan fingerprint density at radius 2 is 2.40 bits per heavy atom. The summed E-state index contributed by atoms with van der Waals surface area (Å²) in [6.45, 7) is 0. The molecule has 1 rings (SSSR count). The van der Waals surface area contributed by atoms with Crippen LogP contribution in [0.1, 0.15) is 12.8 Å². The average molecular weight is 143 g/mol. The lowest BCUT2D eigenvalue weighted by molar-refractivity contribution is -0.146. The van der Waals surface area contributed by atoms with Gasteiger partial charge in [-0.15, -0.1) is 4.91 Å². The SMILES string of the molecule is O=NC(=O)C1CCC(=O)O1. The number of esters is 1. The molecule has 0 aromatic carbocycles. The Labute approximate surface area is 56.3 Å². The third kappa shape index (κ3) is 1.18. The summed E-state index contributed by atoms with van der Waals surface area (Å²) in [6.07, 6.45) is -0.431. The van der Waals surface area contributed by atoms with E-state index in [9.17, 15) is 14.5 Å². The van der Waals surface area contributed by atoms with Gasteiger partial charge in [0.2, 0.25) is 0 Å². The van der Waals surface area contributed by atoms with Crippen LogP contribution in [0.25, 0.3) is 0 Å². The van der Waals surface area contributed by atoms with Crippen LogP contribution in [0, 0.1) is 4.91 Å². The van der Waals surface area contributed by atoms with Crippen molar-refractivity contribution in [2.24, 2.45) is 5.18 Å². The normalized spacial score (nSPS) is 24.0. The van der Waals surface area contributed by atoms with E-state index >= 15 is 0 Å². The molecule has 0 spiro atoms. The van der Waals surface area contributed by atoms with E-state index in [-0.39, 0.29) is 12.8 Å². The molecule has 1 fully saturated rings. The summed E-state index contributed by atoms with van der Waals surface area (Å²) < 4.78 is 4.43. The molecular weight excluding hydrogens is 138 g/mol. The lowest BCUT2D eigenvalue weighted by Crippen LogP contribution is -2.17. The predicted octanol–water partition coefficient (Wildman–Crippen LogP) is -0.0150. The van der Waals surface area contributed by atoms with Crippen LogP contribution in [0.2, 0.25) is 0 Å². The maximum Gasteiger partial charge on any atom is 0.326 e. The molecular formula is C5H5NO4. The standard InChI is InChI=1S/C5H5NO4/c7-4-2-1-3(10-4)5(8)6-9/h3H,1-2H2. The molecule has 0 aromatic heterocycles. The van der Waals surface area contributed by atoms with E-state index in [1.54, 1.807) is 0 Å². The minimum absolute atomic E-state index is 0.200. The maximum atomic E-state index is 10.4. The third-order valence-electron chi connectivity index (χ3n) is 1.25. The number of hydrogen-bond acceptors (Lipinski definition) is 4. The summed E-state index contributed by atoms with van der Waals surface area (Å²) in [5.74, 6) is -1.34. The summed E-state index contributed by atoms with van der Waals surface area (Å²) in [6, 6.07) is 0. The highest BCUT2D eigenvalue weighted by atomic mass is 16.6. The number of rotatable bonds is 1. The number of cyclic esters (lactones) is 1. The zero-order valence-corrected chi connectivity index (χ0v) is 5.07. The minimum Gasteiger partial charge on any atom is -0.452 e. The monoisotopic (exact) mass is 143 g/mol. The van der Waals surface area contributed by atoms with E-state index < -0.39 is 18.0 Å². The number of nitrogens with zero attached hydrogens (tertiary/aromatic N) is 1. The van der Waals surface area contributed by atoms with Gasteiger partial charge in [0.25, 0.3) is 0 Å². The Hall–Kier alpha value is -1.26. The zero-order valence-electron chi connectivity index (χ0n) is 5.07. The molecule has 0 saturated carbocycles. The van der Waals surface area contributed by atoms with E-state index in [0.29, 0.717) is 0 Å². The van der Waals surface area contributed by atoms with Crippen molar-refractivity contribution in [1.82, 2.24) is 0 Å². The molecule has 5 heteroatoms. The van der Waals surface area contributed by atoms with Gasteiger partial charge in [-0.1, -0.05) is 0 Å². The van der Waals surface area contributed by atoms with Crippen LogP contribution in [-0.2, 0) is 14.3 Å². The molecule has 1 aliphatic heterocycles. The number of carbonyl (C=O) groups is 2. The van der Waals surface area contributed by atoms with Gasteiger partial charge >= 0.3 is 11.9 Å². The first-order chi connectivity index (χ1) is 4.74. The molecule has 1 atom stereocenters. The second-order valence-corrected chi connectivity index (χ2v) is 1.95. The van der Waals surface area contributed by atoms with Gasteiger partial charge < -0.3 is 4.74 Å². The number of hydrogen-bond donors (Lipinski definition) is 0. The van der Waals surface area contributed by atoms with Gasteiger partial charge in [0.1, 0.15) is 0 Å².